The summed E-state index contributed by atoms with van der Waals surface area (Å²) in [5.74, 6) is -2.02. The standard InChI is InChI=1S/C11H11IN2O6/c12-8-2-1-6(14(19)20)5-7(8)10(16)13-9(3-4-15)11(17)18/h1-2,5,9,15H,3-4H2,(H,13,16)(H,17,18)/t9-/m1/s1. The van der Waals surface area contributed by atoms with Crippen molar-refractivity contribution < 1.29 is 24.7 Å². The fourth-order valence-corrected chi connectivity index (χ4v) is 2.00. The van der Waals surface area contributed by atoms with E-state index in [-0.39, 0.29) is 17.7 Å². The number of carbonyl (C=O) groups excluding carboxylic acids is 1. The topological polar surface area (TPSA) is 130 Å². The number of benzene rings is 1. The van der Waals surface area contributed by atoms with Crippen LogP contribution < -0.4 is 5.32 Å². The van der Waals surface area contributed by atoms with Gasteiger partial charge in [-0.15, -0.1) is 0 Å². The number of nitrogens with one attached hydrogen (secondary N) is 1. The van der Waals surface area contributed by atoms with Gasteiger partial charge in [0.15, 0.2) is 0 Å². The van der Waals surface area contributed by atoms with Gasteiger partial charge < -0.3 is 15.5 Å². The number of nitro groups is 1. The molecule has 0 aromatic heterocycles. The predicted molar refractivity (Wildman–Crippen MR) is 76.4 cm³/mol. The molecule has 0 aliphatic heterocycles. The van der Waals surface area contributed by atoms with Crippen molar-refractivity contribution in [1.29, 1.82) is 0 Å². The van der Waals surface area contributed by atoms with E-state index < -0.39 is 29.4 Å². The SMILES string of the molecule is O=C(N[C@H](CCO)C(=O)O)c1cc([N+](=O)[O-])ccc1I. The van der Waals surface area contributed by atoms with Gasteiger partial charge in [-0.1, -0.05) is 0 Å². The smallest absolute Gasteiger partial charge is 0.326 e. The maximum atomic E-state index is 11.9. The number of carbonyl (C=O) groups is 2. The van der Waals surface area contributed by atoms with E-state index in [2.05, 4.69) is 5.32 Å². The van der Waals surface area contributed by atoms with Crippen molar-refractivity contribution in [2.75, 3.05) is 6.61 Å². The average molecular weight is 394 g/mol. The summed E-state index contributed by atoms with van der Waals surface area (Å²) in [5.41, 5.74) is -0.242. The Morgan fingerprint density at radius 3 is 2.60 bits per heavy atom. The van der Waals surface area contributed by atoms with E-state index in [1.165, 1.54) is 12.1 Å². The van der Waals surface area contributed by atoms with Crippen molar-refractivity contribution in [2.24, 2.45) is 0 Å². The summed E-state index contributed by atoms with van der Waals surface area (Å²) >= 11 is 1.82. The fourth-order valence-electron chi connectivity index (χ4n) is 1.42. The lowest BCUT2D eigenvalue weighted by atomic mass is 10.1. The van der Waals surface area contributed by atoms with Crippen molar-refractivity contribution in [3.05, 3.63) is 37.4 Å². The number of amides is 1. The first-order valence-electron chi connectivity index (χ1n) is 5.45. The molecular weight excluding hydrogens is 383 g/mol. The molecule has 0 spiro atoms. The monoisotopic (exact) mass is 394 g/mol. The maximum Gasteiger partial charge on any atom is 0.326 e. The number of nitro benzene ring substituents is 1. The first-order chi connectivity index (χ1) is 9.36. The number of non-ortho nitro benzene ring substituents is 1. The number of aliphatic carboxylic acids is 1. The number of carboxylic acids is 1. The van der Waals surface area contributed by atoms with Gasteiger partial charge in [0, 0.05) is 28.7 Å². The normalized spacial score (nSPS) is 11.7. The van der Waals surface area contributed by atoms with E-state index in [1.807, 2.05) is 22.6 Å². The Kier molecular flexibility index (Phi) is 5.82. The zero-order chi connectivity index (χ0) is 15.3. The molecule has 1 atom stereocenters. The zero-order valence-electron chi connectivity index (χ0n) is 10.1. The number of aliphatic hydroxyl groups is 1. The third kappa shape index (κ3) is 4.13. The molecule has 3 N–H and O–H groups in total. The molecule has 0 aliphatic rings. The summed E-state index contributed by atoms with van der Waals surface area (Å²) in [6.07, 6.45) is -0.146. The van der Waals surface area contributed by atoms with Crippen molar-refractivity contribution >= 4 is 40.2 Å². The third-order valence-electron chi connectivity index (χ3n) is 2.43. The Hall–Kier alpha value is -1.75. The van der Waals surface area contributed by atoms with Crippen LogP contribution >= 0.6 is 22.6 Å². The summed E-state index contributed by atoms with van der Waals surface area (Å²) in [4.78, 5) is 32.8. The Labute approximate surface area is 127 Å². The quantitative estimate of drug-likeness (QED) is 0.371. The van der Waals surface area contributed by atoms with Crippen LogP contribution in [0.1, 0.15) is 16.8 Å². The fraction of sp³-hybridized carbons (Fsp3) is 0.273. The zero-order valence-corrected chi connectivity index (χ0v) is 12.2. The molecule has 8 nitrogen and oxygen atoms in total. The minimum atomic E-state index is -1.28. The minimum Gasteiger partial charge on any atom is -0.480 e. The molecule has 1 aromatic carbocycles. The van der Waals surface area contributed by atoms with Crippen LogP contribution in [0.2, 0.25) is 0 Å². The van der Waals surface area contributed by atoms with Crippen molar-refractivity contribution in [3.63, 3.8) is 0 Å². The van der Waals surface area contributed by atoms with Crippen LogP contribution in [-0.2, 0) is 4.79 Å². The van der Waals surface area contributed by atoms with Gasteiger partial charge in [0.2, 0.25) is 0 Å². The molecule has 0 fully saturated rings. The lowest BCUT2D eigenvalue weighted by Crippen LogP contribution is -2.41. The molecule has 0 aliphatic carbocycles. The largest absolute Gasteiger partial charge is 0.480 e. The second kappa shape index (κ2) is 7.14. The van der Waals surface area contributed by atoms with Gasteiger partial charge in [0.1, 0.15) is 6.04 Å². The number of halogens is 1. The van der Waals surface area contributed by atoms with Crippen molar-refractivity contribution in [3.8, 4) is 0 Å². The molecule has 9 heteroatoms. The van der Waals surface area contributed by atoms with Gasteiger partial charge in [-0.2, -0.15) is 0 Å². The number of nitrogens with zero attached hydrogens (tertiary/aromatic N) is 1. The molecule has 1 amide bonds. The van der Waals surface area contributed by atoms with Gasteiger partial charge in [-0.05, 0) is 28.7 Å². The molecule has 0 unspecified atom stereocenters. The second-order valence-electron chi connectivity index (χ2n) is 3.80. The third-order valence-corrected chi connectivity index (χ3v) is 3.37. The van der Waals surface area contributed by atoms with E-state index in [9.17, 15) is 19.7 Å². The maximum absolute atomic E-state index is 11.9. The molecule has 1 aromatic rings. The predicted octanol–water partition coefficient (Wildman–Crippen LogP) is 0.765. The van der Waals surface area contributed by atoms with Gasteiger partial charge >= 0.3 is 5.97 Å². The van der Waals surface area contributed by atoms with Crippen LogP contribution in [0, 0.1) is 13.7 Å². The summed E-state index contributed by atoms with van der Waals surface area (Å²) in [6.45, 7) is -0.400. The van der Waals surface area contributed by atoms with Crippen molar-refractivity contribution in [1.82, 2.24) is 5.32 Å². The van der Waals surface area contributed by atoms with Crippen LogP contribution in [0.15, 0.2) is 18.2 Å². The summed E-state index contributed by atoms with van der Waals surface area (Å²) < 4.78 is 0.457. The highest BCUT2D eigenvalue weighted by molar-refractivity contribution is 14.1. The number of carboxylic acid groups (broad SMARTS) is 1. The molecule has 0 radical (unpaired) electrons. The van der Waals surface area contributed by atoms with Crippen LogP contribution in [0.25, 0.3) is 0 Å². The minimum absolute atomic E-state index is 0.0176. The lowest BCUT2D eigenvalue weighted by molar-refractivity contribution is -0.384. The second-order valence-corrected chi connectivity index (χ2v) is 4.96. The number of hydrogen-bond acceptors (Lipinski definition) is 5. The van der Waals surface area contributed by atoms with Crippen molar-refractivity contribution in [2.45, 2.75) is 12.5 Å². The highest BCUT2D eigenvalue weighted by Gasteiger charge is 2.22. The Balaban J connectivity index is 2.99. The van der Waals surface area contributed by atoms with E-state index >= 15 is 0 Å². The molecule has 108 valence electrons. The molecule has 0 bridgehead atoms. The lowest BCUT2D eigenvalue weighted by Gasteiger charge is -2.13. The molecular formula is C11H11IN2O6. The van der Waals surface area contributed by atoms with E-state index in [4.69, 9.17) is 10.2 Å². The molecule has 0 saturated heterocycles. The van der Waals surface area contributed by atoms with Crippen LogP contribution in [0.3, 0.4) is 0 Å². The molecule has 0 heterocycles. The summed E-state index contributed by atoms with van der Waals surface area (Å²) in [6, 6.07) is 2.48. The average Bonchev–Trinajstić information content (AvgIpc) is 2.38. The van der Waals surface area contributed by atoms with Gasteiger partial charge in [0.25, 0.3) is 11.6 Å². The van der Waals surface area contributed by atoms with E-state index in [0.29, 0.717) is 3.57 Å². The Bertz CT molecular complexity index is 548. The summed E-state index contributed by atoms with van der Waals surface area (Å²) in [5, 5.41) is 30.5. The molecule has 20 heavy (non-hydrogen) atoms. The summed E-state index contributed by atoms with van der Waals surface area (Å²) in [7, 11) is 0. The number of hydrogen-bond donors (Lipinski definition) is 3. The number of aliphatic hydroxyl groups excluding tert-OH is 1. The van der Waals surface area contributed by atoms with E-state index in [0.717, 1.165) is 6.07 Å². The number of rotatable bonds is 6. The van der Waals surface area contributed by atoms with Gasteiger partial charge in [0.05, 0.1) is 10.5 Å². The van der Waals surface area contributed by atoms with Gasteiger partial charge in [-0.25, -0.2) is 4.79 Å². The van der Waals surface area contributed by atoms with Crippen LogP contribution in [0.4, 0.5) is 5.69 Å². The molecule has 1 rings (SSSR count). The highest BCUT2D eigenvalue weighted by atomic mass is 127. The van der Waals surface area contributed by atoms with Crippen LogP contribution in [0.5, 0.6) is 0 Å². The Morgan fingerprint density at radius 2 is 2.10 bits per heavy atom. The van der Waals surface area contributed by atoms with Gasteiger partial charge in [-0.3, -0.25) is 14.9 Å². The van der Waals surface area contributed by atoms with E-state index in [1.54, 1.807) is 0 Å². The van der Waals surface area contributed by atoms with Crippen LogP contribution in [-0.4, -0.2) is 39.7 Å². The first-order valence-corrected chi connectivity index (χ1v) is 6.53. The highest BCUT2D eigenvalue weighted by Crippen LogP contribution is 2.19. The first kappa shape index (κ1) is 16.3. The Morgan fingerprint density at radius 1 is 1.45 bits per heavy atom. The molecule has 0 saturated carbocycles.